The summed E-state index contributed by atoms with van der Waals surface area (Å²) >= 11 is 0. The Morgan fingerprint density at radius 3 is 2.21 bits per heavy atom. The van der Waals surface area contributed by atoms with Gasteiger partial charge in [-0.15, -0.1) is 0 Å². The van der Waals surface area contributed by atoms with Crippen molar-refractivity contribution in [3.8, 4) is 0 Å². The largest absolute Gasteiger partial charge is 1.00 e. The summed E-state index contributed by atoms with van der Waals surface area (Å²) in [6.45, 7) is 0. The zero-order valence-electron chi connectivity index (χ0n) is 7.44. The fourth-order valence-electron chi connectivity index (χ4n) is 2.77. The van der Waals surface area contributed by atoms with Crippen LogP contribution >= 0.6 is 0 Å². The standard InChI is InChI=1S/C8H11NO4.ClH/c9-8(7(12)13)2-3-1-4(8)5(3)6(10)11;/h3-5H,1-2,9H2,(H,10,11)(H,12,13);1H/t3-,4-,5-,8+;/m1./s1. The van der Waals surface area contributed by atoms with Gasteiger partial charge in [0.05, 0.1) is 5.92 Å². The average molecular weight is 222 g/mol. The number of hydrogen-bond acceptors (Lipinski definition) is 2. The molecule has 5 nitrogen and oxygen atoms in total. The van der Waals surface area contributed by atoms with Crippen molar-refractivity contribution in [2.24, 2.45) is 17.8 Å². The molecule has 0 radical (unpaired) electrons. The van der Waals surface area contributed by atoms with Crippen LogP contribution in [0.4, 0.5) is 0 Å². The molecule has 0 unspecified atom stereocenters. The maximum atomic E-state index is 10.9. The van der Waals surface area contributed by atoms with Gasteiger partial charge < -0.3 is 28.4 Å². The van der Waals surface area contributed by atoms with Gasteiger partial charge in [0.15, 0.2) is 5.54 Å². The van der Waals surface area contributed by atoms with Crippen LogP contribution in [0.2, 0.25) is 0 Å². The Bertz CT molecular complexity index is 295. The fourth-order valence-corrected chi connectivity index (χ4v) is 2.77. The summed E-state index contributed by atoms with van der Waals surface area (Å²) in [5.74, 6) is -2.51. The number of rotatable bonds is 2. The quantitative estimate of drug-likeness (QED) is 0.440. The Balaban J connectivity index is 0.000000980. The molecule has 0 amide bonds. The molecule has 0 aliphatic heterocycles. The molecule has 0 spiro atoms. The first-order chi connectivity index (χ1) is 5.97. The van der Waals surface area contributed by atoms with Crippen molar-refractivity contribution in [1.29, 1.82) is 0 Å². The molecular formula is C8H12ClNO4. The van der Waals surface area contributed by atoms with Crippen LogP contribution < -0.4 is 18.1 Å². The van der Waals surface area contributed by atoms with E-state index < -0.39 is 23.4 Å². The van der Waals surface area contributed by atoms with Gasteiger partial charge in [0, 0.05) is 12.3 Å². The maximum Gasteiger partial charge on any atom is 0.365 e. The Hall–Kier alpha value is -0.810. The lowest BCUT2D eigenvalue weighted by Crippen LogP contribution is -3.00. The van der Waals surface area contributed by atoms with E-state index in [-0.39, 0.29) is 24.2 Å². The normalized spacial score (nSPS) is 43.6. The van der Waals surface area contributed by atoms with Gasteiger partial charge in [-0.05, 0) is 12.3 Å². The molecule has 0 saturated heterocycles. The second kappa shape index (κ2) is 3.10. The molecule has 4 atom stereocenters. The number of carbonyl (C=O) groups is 2. The third-order valence-electron chi connectivity index (χ3n) is 3.55. The summed E-state index contributed by atoms with van der Waals surface area (Å²) in [6.07, 6.45) is 1.14. The van der Waals surface area contributed by atoms with Gasteiger partial charge >= 0.3 is 11.9 Å². The van der Waals surface area contributed by atoms with E-state index in [2.05, 4.69) is 5.73 Å². The van der Waals surface area contributed by atoms with Gasteiger partial charge in [0.2, 0.25) is 0 Å². The third kappa shape index (κ3) is 1.12. The van der Waals surface area contributed by atoms with E-state index in [0.717, 1.165) is 0 Å². The van der Waals surface area contributed by atoms with Gasteiger partial charge in [0.1, 0.15) is 0 Å². The van der Waals surface area contributed by atoms with Crippen LogP contribution in [0.3, 0.4) is 0 Å². The molecule has 3 aliphatic carbocycles. The maximum absolute atomic E-state index is 10.9. The monoisotopic (exact) mass is 221 g/mol. The molecule has 6 heteroatoms. The van der Waals surface area contributed by atoms with E-state index in [4.69, 9.17) is 10.2 Å². The van der Waals surface area contributed by atoms with Gasteiger partial charge in [-0.25, -0.2) is 4.79 Å². The second-order valence-corrected chi connectivity index (χ2v) is 4.13. The van der Waals surface area contributed by atoms with Gasteiger partial charge in [-0.1, -0.05) is 0 Å². The highest BCUT2D eigenvalue weighted by Gasteiger charge is 2.69. The SMILES string of the molecule is [Cl-].[NH3+][C@@]1(C(=O)O)C[C@H]2C[C@@H]1[C@@H]2C(=O)O. The minimum absolute atomic E-state index is 0. The van der Waals surface area contributed by atoms with Crippen molar-refractivity contribution in [1.82, 2.24) is 0 Å². The highest BCUT2D eigenvalue weighted by Crippen LogP contribution is 2.57. The van der Waals surface area contributed by atoms with Crippen molar-refractivity contribution < 1.29 is 37.9 Å². The molecule has 2 bridgehead atoms. The number of fused-ring (bicyclic) bond motifs is 1. The summed E-state index contributed by atoms with van der Waals surface area (Å²) in [6, 6.07) is 0. The Morgan fingerprint density at radius 1 is 1.36 bits per heavy atom. The molecule has 0 heterocycles. The zero-order chi connectivity index (χ0) is 9.80. The molecule has 0 aromatic rings. The first-order valence-electron chi connectivity index (χ1n) is 4.28. The zero-order valence-corrected chi connectivity index (χ0v) is 8.20. The molecule has 0 aromatic carbocycles. The number of quaternary nitrogens is 1. The first-order valence-corrected chi connectivity index (χ1v) is 4.28. The van der Waals surface area contributed by atoms with E-state index in [1.807, 2.05) is 0 Å². The number of carboxylic acid groups (broad SMARTS) is 2. The minimum atomic E-state index is -1.03. The molecule has 5 N–H and O–H groups in total. The third-order valence-corrected chi connectivity index (χ3v) is 3.55. The fraction of sp³-hybridized carbons (Fsp3) is 0.750. The Kier molecular flexibility index (Phi) is 2.49. The lowest BCUT2D eigenvalue weighted by atomic mass is 9.69. The Morgan fingerprint density at radius 2 is 1.93 bits per heavy atom. The minimum Gasteiger partial charge on any atom is -1.00 e. The van der Waals surface area contributed by atoms with Gasteiger partial charge in [-0.2, -0.15) is 0 Å². The molecule has 14 heavy (non-hydrogen) atoms. The lowest BCUT2D eigenvalue weighted by molar-refractivity contribution is -0.469. The van der Waals surface area contributed by atoms with Crippen LogP contribution in [0.25, 0.3) is 0 Å². The van der Waals surface area contributed by atoms with Crippen LogP contribution in [-0.2, 0) is 9.59 Å². The van der Waals surface area contributed by atoms with Crippen molar-refractivity contribution in [2.75, 3.05) is 0 Å². The highest BCUT2D eigenvalue weighted by atomic mass is 35.5. The van der Waals surface area contributed by atoms with E-state index in [1.165, 1.54) is 0 Å². The van der Waals surface area contributed by atoms with Gasteiger partial charge in [-0.3, -0.25) is 4.79 Å². The smallest absolute Gasteiger partial charge is 0.365 e. The molecule has 3 saturated carbocycles. The highest BCUT2D eigenvalue weighted by molar-refractivity contribution is 5.82. The van der Waals surface area contributed by atoms with E-state index in [9.17, 15) is 9.59 Å². The topological polar surface area (TPSA) is 102 Å². The van der Waals surface area contributed by atoms with E-state index >= 15 is 0 Å². The molecule has 0 aromatic heterocycles. The number of aliphatic carboxylic acids is 2. The molecule has 80 valence electrons. The number of hydrogen-bond donors (Lipinski definition) is 3. The number of halogens is 1. The predicted molar refractivity (Wildman–Crippen MR) is 40.6 cm³/mol. The predicted octanol–water partition coefficient (Wildman–Crippen LogP) is -4.20. The summed E-state index contributed by atoms with van der Waals surface area (Å²) < 4.78 is 0. The van der Waals surface area contributed by atoms with Crippen LogP contribution in [0, 0.1) is 17.8 Å². The van der Waals surface area contributed by atoms with Crippen LogP contribution in [-0.4, -0.2) is 27.7 Å². The molecule has 3 aliphatic rings. The molecule has 3 fully saturated rings. The first kappa shape index (κ1) is 11.3. The lowest BCUT2D eigenvalue weighted by Gasteiger charge is -2.33. The molecule has 3 rings (SSSR count). The number of carboxylic acids is 2. The molecular weight excluding hydrogens is 210 g/mol. The van der Waals surface area contributed by atoms with E-state index in [0.29, 0.717) is 12.8 Å². The van der Waals surface area contributed by atoms with Crippen molar-refractivity contribution in [3.05, 3.63) is 0 Å². The van der Waals surface area contributed by atoms with Crippen LogP contribution in [0.1, 0.15) is 12.8 Å². The summed E-state index contributed by atoms with van der Waals surface area (Å²) in [7, 11) is 0. The van der Waals surface area contributed by atoms with Crippen molar-refractivity contribution in [2.45, 2.75) is 18.4 Å². The van der Waals surface area contributed by atoms with Crippen LogP contribution in [0.5, 0.6) is 0 Å². The Labute approximate surface area is 86.7 Å². The summed E-state index contributed by atoms with van der Waals surface area (Å²) in [5.41, 5.74) is 2.63. The van der Waals surface area contributed by atoms with E-state index in [1.54, 1.807) is 0 Å². The van der Waals surface area contributed by atoms with Crippen LogP contribution in [0.15, 0.2) is 0 Å². The summed E-state index contributed by atoms with van der Waals surface area (Å²) in [5, 5.41) is 17.7. The average Bonchev–Trinajstić information content (AvgIpc) is 2.38. The van der Waals surface area contributed by atoms with Crippen molar-refractivity contribution >= 4 is 11.9 Å². The summed E-state index contributed by atoms with van der Waals surface area (Å²) in [4.78, 5) is 21.6. The second-order valence-electron chi connectivity index (χ2n) is 4.13. The van der Waals surface area contributed by atoms with Crippen molar-refractivity contribution in [3.63, 3.8) is 0 Å². The van der Waals surface area contributed by atoms with Gasteiger partial charge in [0.25, 0.3) is 0 Å².